The second-order valence-corrected chi connectivity index (χ2v) is 7.07. The van der Waals surface area contributed by atoms with E-state index in [4.69, 9.17) is 4.74 Å². The van der Waals surface area contributed by atoms with Crippen molar-refractivity contribution in [3.63, 3.8) is 0 Å². The van der Waals surface area contributed by atoms with Gasteiger partial charge in [-0.1, -0.05) is 38.1 Å². The molecular weight excluding hydrogens is 284 g/mol. The van der Waals surface area contributed by atoms with E-state index in [1.165, 1.54) is 6.07 Å². The lowest BCUT2D eigenvalue weighted by atomic mass is 9.72. The van der Waals surface area contributed by atoms with Crippen LogP contribution in [-0.2, 0) is 15.3 Å². The number of hydrogen-bond donors (Lipinski definition) is 2. The first kappa shape index (κ1) is 13.7. The van der Waals surface area contributed by atoms with Gasteiger partial charge in [0, 0.05) is 24.0 Å². The highest BCUT2D eigenvalue weighted by Gasteiger charge is 2.73. The van der Waals surface area contributed by atoms with Crippen LogP contribution in [0.1, 0.15) is 42.6 Å². The molecule has 5 nitrogen and oxygen atoms in total. The van der Waals surface area contributed by atoms with Crippen LogP contribution in [0.3, 0.4) is 0 Å². The lowest BCUT2D eigenvalue weighted by molar-refractivity contribution is -0.236. The third-order valence-corrected chi connectivity index (χ3v) is 4.82. The predicted octanol–water partition coefficient (Wildman–Crippen LogP) is 1.43. The van der Waals surface area contributed by atoms with Crippen molar-refractivity contribution in [2.75, 3.05) is 0 Å². The van der Waals surface area contributed by atoms with Crippen LogP contribution < -0.4 is 0 Å². The van der Waals surface area contributed by atoms with Gasteiger partial charge in [-0.2, -0.15) is 0 Å². The van der Waals surface area contributed by atoms with Gasteiger partial charge in [0.15, 0.2) is 5.78 Å². The zero-order valence-electron chi connectivity index (χ0n) is 12.3. The van der Waals surface area contributed by atoms with Crippen LogP contribution in [0.15, 0.2) is 35.6 Å². The minimum absolute atomic E-state index is 0.0736. The van der Waals surface area contributed by atoms with Gasteiger partial charge in [-0.25, -0.2) is 0 Å². The van der Waals surface area contributed by atoms with E-state index in [2.05, 4.69) is 0 Å². The lowest BCUT2D eigenvalue weighted by Crippen LogP contribution is -2.52. The number of ether oxygens (including phenoxy) is 1. The van der Waals surface area contributed by atoms with Gasteiger partial charge in [-0.3, -0.25) is 9.59 Å². The summed E-state index contributed by atoms with van der Waals surface area (Å²) in [5.74, 6) is -3.00. The summed E-state index contributed by atoms with van der Waals surface area (Å²) in [6.45, 7) is 3.83. The van der Waals surface area contributed by atoms with Gasteiger partial charge in [0.1, 0.15) is 5.76 Å². The van der Waals surface area contributed by atoms with Gasteiger partial charge in [-0.15, -0.1) is 0 Å². The largest absolute Gasteiger partial charge is 0.458 e. The molecule has 4 rings (SSSR count). The molecule has 2 atom stereocenters. The molecule has 2 N–H and O–H groups in total. The quantitative estimate of drug-likeness (QED) is 0.757. The van der Waals surface area contributed by atoms with E-state index in [0.717, 1.165) is 0 Å². The maximum atomic E-state index is 12.7. The van der Waals surface area contributed by atoms with Crippen LogP contribution in [0, 0.1) is 5.41 Å². The van der Waals surface area contributed by atoms with Crippen LogP contribution in [-0.4, -0.2) is 27.4 Å². The van der Waals surface area contributed by atoms with Crippen LogP contribution in [0.4, 0.5) is 0 Å². The first-order valence-electron chi connectivity index (χ1n) is 7.26. The van der Waals surface area contributed by atoms with E-state index in [1.807, 2.05) is 13.8 Å². The Morgan fingerprint density at radius 1 is 1.09 bits per heavy atom. The van der Waals surface area contributed by atoms with Crippen LogP contribution in [0.2, 0.25) is 0 Å². The summed E-state index contributed by atoms with van der Waals surface area (Å²) in [6, 6.07) is 6.36. The molecule has 114 valence electrons. The highest BCUT2D eigenvalue weighted by Crippen LogP contribution is 2.58. The molecule has 22 heavy (non-hydrogen) atoms. The van der Waals surface area contributed by atoms with Crippen molar-refractivity contribution in [1.82, 2.24) is 0 Å². The van der Waals surface area contributed by atoms with Crippen molar-refractivity contribution in [3.8, 4) is 0 Å². The molecule has 2 aliphatic carbocycles. The SMILES string of the molecule is CC1(C)CC(=O)C2=C(C1)O[C@]1(O)c3ccccc3C(=O)[C@]21O. The lowest BCUT2D eigenvalue weighted by Gasteiger charge is -2.30. The second-order valence-electron chi connectivity index (χ2n) is 7.07. The standard InChI is InChI=1S/C17H16O5/c1-15(2)7-11(18)13-12(8-15)22-17(21)10-6-4-3-5-9(10)14(19)16(13,17)20/h3-6,20-21H,7-8H2,1-2H3/t16-,17-/m1/s1. The summed E-state index contributed by atoms with van der Waals surface area (Å²) in [4.78, 5) is 25.2. The first-order valence-corrected chi connectivity index (χ1v) is 7.26. The Morgan fingerprint density at radius 3 is 2.50 bits per heavy atom. The molecule has 1 aliphatic heterocycles. The van der Waals surface area contributed by atoms with E-state index in [-0.39, 0.29) is 40.1 Å². The molecule has 1 aromatic carbocycles. The maximum absolute atomic E-state index is 12.7. The summed E-state index contributed by atoms with van der Waals surface area (Å²) < 4.78 is 5.63. The molecule has 1 heterocycles. The van der Waals surface area contributed by atoms with E-state index < -0.39 is 17.2 Å². The fourth-order valence-electron chi connectivity index (χ4n) is 3.87. The fourth-order valence-corrected chi connectivity index (χ4v) is 3.87. The van der Waals surface area contributed by atoms with Gasteiger partial charge in [0.25, 0.3) is 5.79 Å². The third-order valence-electron chi connectivity index (χ3n) is 4.82. The van der Waals surface area contributed by atoms with Crippen molar-refractivity contribution >= 4 is 11.6 Å². The van der Waals surface area contributed by atoms with Crippen LogP contribution in [0.5, 0.6) is 0 Å². The van der Waals surface area contributed by atoms with Crippen molar-refractivity contribution in [1.29, 1.82) is 0 Å². The number of allylic oxidation sites excluding steroid dienone is 1. The number of fused-ring (bicyclic) bond motifs is 4. The second kappa shape index (κ2) is 3.67. The van der Waals surface area contributed by atoms with Gasteiger partial charge >= 0.3 is 0 Å². The zero-order valence-corrected chi connectivity index (χ0v) is 12.3. The summed E-state index contributed by atoms with van der Waals surface area (Å²) >= 11 is 0. The normalized spacial score (nSPS) is 35.1. The molecule has 0 saturated heterocycles. The molecule has 5 heteroatoms. The third kappa shape index (κ3) is 1.31. The maximum Gasteiger partial charge on any atom is 0.276 e. The van der Waals surface area contributed by atoms with Gasteiger partial charge in [0.05, 0.1) is 5.57 Å². The molecule has 0 saturated carbocycles. The van der Waals surface area contributed by atoms with Gasteiger partial charge in [0.2, 0.25) is 11.4 Å². The number of carbonyl (C=O) groups is 2. The number of Topliss-reactive ketones (excluding diaryl/α,β-unsaturated/α-hetero) is 2. The molecule has 0 spiro atoms. The van der Waals surface area contributed by atoms with Crippen LogP contribution >= 0.6 is 0 Å². The van der Waals surface area contributed by atoms with Gasteiger partial charge in [-0.05, 0) is 5.41 Å². The minimum atomic E-state index is -2.33. The number of benzene rings is 1. The number of hydrogen-bond acceptors (Lipinski definition) is 5. The summed E-state index contributed by atoms with van der Waals surface area (Å²) in [5.41, 5.74) is -2.33. The van der Waals surface area contributed by atoms with Gasteiger partial charge < -0.3 is 14.9 Å². The smallest absolute Gasteiger partial charge is 0.276 e. The highest BCUT2D eigenvalue weighted by atomic mass is 16.7. The first-order chi connectivity index (χ1) is 10.2. The summed E-state index contributed by atoms with van der Waals surface area (Å²) in [7, 11) is 0. The Kier molecular flexibility index (Phi) is 2.28. The number of aliphatic hydroxyl groups is 2. The Labute approximate surface area is 127 Å². The van der Waals surface area contributed by atoms with E-state index in [9.17, 15) is 19.8 Å². The summed E-state index contributed by atoms with van der Waals surface area (Å²) in [6.07, 6.45) is 0.603. The Hall–Kier alpha value is -1.98. The Morgan fingerprint density at radius 2 is 1.77 bits per heavy atom. The average molecular weight is 300 g/mol. The molecule has 0 bridgehead atoms. The van der Waals surface area contributed by atoms with Crippen molar-refractivity contribution in [2.24, 2.45) is 5.41 Å². The number of rotatable bonds is 0. The average Bonchev–Trinajstić information content (AvgIpc) is 2.74. The molecule has 1 aromatic rings. The minimum Gasteiger partial charge on any atom is -0.458 e. The molecular formula is C17H16O5. The Balaban J connectivity index is 1.96. The molecule has 0 fully saturated rings. The highest BCUT2D eigenvalue weighted by molar-refractivity contribution is 6.17. The summed E-state index contributed by atoms with van der Waals surface area (Å²) in [5, 5.41) is 22.0. The van der Waals surface area contributed by atoms with E-state index >= 15 is 0 Å². The molecule has 0 unspecified atom stereocenters. The van der Waals surface area contributed by atoms with Crippen molar-refractivity contribution in [2.45, 2.75) is 38.1 Å². The van der Waals surface area contributed by atoms with E-state index in [1.54, 1.807) is 18.2 Å². The Bertz CT molecular complexity index is 775. The number of carbonyl (C=O) groups excluding carboxylic acids is 2. The molecule has 0 aromatic heterocycles. The number of ketones is 2. The molecule has 3 aliphatic rings. The predicted molar refractivity (Wildman–Crippen MR) is 75.8 cm³/mol. The zero-order chi connectivity index (χ0) is 15.9. The van der Waals surface area contributed by atoms with E-state index in [0.29, 0.717) is 6.42 Å². The topological polar surface area (TPSA) is 83.8 Å². The van der Waals surface area contributed by atoms with Crippen molar-refractivity contribution in [3.05, 3.63) is 46.7 Å². The van der Waals surface area contributed by atoms with Crippen LogP contribution in [0.25, 0.3) is 0 Å². The fraction of sp³-hybridized carbons (Fsp3) is 0.412. The molecule has 0 radical (unpaired) electrons. The monoisotopic (exact) mass is 300 g/mol. The van der Waals surface area contributed by atoms with Crippen molar-refractivity contribution < 1.29 is 24.5 Å². The molecule has 0 amide bonds.